The Bertz CT molecular complexity index is 1300. The predicted molar refractivity (Wildman–Crippen MR) is 141 cm³/mol. The van der Waals surface area contributed by atoms with Gasteiger partial charge in [-0.1, -0.05) is 74.0 Å². The maximum atomic E-state index is 12.5. The SMILES string of the molecule is Cc1ccc(NC(=O)CSc2nnc(-c3ccc(Br)cc3)c(-c3ccc(Br)cc3)n2)cc1C. The number of rotatable bonds is 6. The Morgan fingerprint density at radius 1 is 0.818 bits per heavy atom. The standard InChI is InChI=1S/C25H20Br2N4OS/c1-15-3-12-21(13-16(15)2)28-22(32)14-33-25-29-23(17-4-8-19(26)9-5-17)24(30-31-25)18-6-10-20(27)11-7-18/h3-13H,14H2,1-2H3,(H,28,32). The molecule has 33 heavy (non-hydrogen) atoms. The second-order valence-electron chi connectivity index (χ2n) is 7.44. The van der Waals surface area contributed by atoms with E-state index >= 15 is 0 Å². The van der Waals surface area contributed by atoms with Crippen molar-refractivity contribution in [2.75, 3.05) is 11.1 Å². The molecule has 0 saturated carbocycles. The molecular formula is C25H20Br2N4OS. The molecule has 166 valence electrons. The average Bonchev–Trinajstić information content (AvgIpc) is 2.81. The molecule has 1 heterocycles. The van der Waals surface area contributed by atoms with Gasteiger partial charge in [0, 0.05) is 25.8 Å². The van der Waals surface area contributed by atoms with E-state index in [0.29, 0.717) is 10.9 Å². The summed E-state index contributed by atoms with van der Waals surface area (Å²) in [4.78, 5) is 17.2. The van der Waals surface area contributed by atoms with Crippen LogP contribution in [0.15, 0.2) is 80.8 Å². The van der Waals surface area contributed by atoms with Crippen molar-refractivity contribution in [3.8, 4) is 22.5 Å². The van der Waals surface area contributed by atoms with E-state index < -0.39 is 0 Å². The van der Waals surface area contributed by atoms with Crippen molar-refractivity contribution in [2.24, 2.45) is 0 Å². The van der Waals surface area contributed by atoms with E-state index in [0.717, 1.165) is 37.0 Å². The van der Waals surface area contributed by atoms with E-state index in [2.05, 4.69) is 47.4 Å². The quantitative estimate of drug-likeness (QED) is 0.246. The minimum atomic E-state index is -0.117. The highest BCUT2D eigenvalue weighted by molar-refractivity contribution is 9.10. The first-order valence-electron chi connectivity index (χ1n) is 10.2. The minimum Gasteiger partial charge on any atom is -0.325 e. The number of hydrogen-bond donors (Lipinski definition) is 1. The van der Waals surface area contributed by atoms with E-state index in [9.17, 15) is 4.79 Å². The maximum Gasteiger partial charge on any atom is 0.234 e. The van der Waals surface area contributed by atoms with Gasteiger partial charge in [-0.25, -0.2) is 4.98 Å². The molecule has 5 nitrogen and oxygen atoms in total. The van der Waals surface area contributed by atoms with Crippen LogP contribution in [0.1, 0.15) is 11.1 Å². The molecule has 1 N–H and O–H groups in total. The lowest BCUT2D eigenvalue weighted by molar-refractivity contribution is -0.113. The number of carbonyl (C=O) groups is 1. The van der Waals surface area contributed by atoms with Crippen LogP contribution in [0.3, 0.4) is 0 Å². The van der Waals surface area contributed by atoms with Crippen molar-refractivity contribution in [3.63, 3.8) is 0 Å². The molecule has 4 rings (SSSR count). The number of nitrogens with one attached hydrogen (secondary N) is 1. The number of halogens is 2. The number of aryl methyl sites for hydroxylation is 2. The maximum absolute atomic E-state index is 12.5. The summed E-state index contributed by atoms with van der Waals surface area (Å²) in [5.74, 6) is 0.0699. The van der Waals surface area contributed by atoms with Gasteiger partial charge in [-0.2, -0.15) is 0 Å². The third-order valence-electron chi connectivity index (χ3n) is 5.03. The summed E-state index contributed by atoms with van der Waals surface area (Å²) in [6.07, 6.45) is 0. The molecule has 0 bridgehead atoms. The summed E-state index contributed by atoms with van der Waals surface area (Å²) in [5, 5.41) is 12.1. The number of aromatic nitrogens is 3. The highest BCUT2D eigenvalue weighted by Crippen LogP contribution is 2.31. The van der Waals surface area contributed by atoms with Crippen LogP contribution in [0.2, 0.25) is 0 Å². The molecule has 0 aliphatic heterocycles. The molecule has 1 aromatic heterocycles. The van der Waals surface area contributed by atoms with Crippen molar-refractivity contribution in [1.29, 1.82) is 0 Å². The molecule has 4 aromatic rings. The molecule has 0 saturated heterocycles. The molecular weight excluding hydrogens is 564 g/mol. The highest BCUT2D eigenvalue weighted by Gasteiger charge is 2.15. The molecule has 0 aliphatic carbocycles. The normalized spacial score (nSPS) is 10.8. The largest absolute Gasteiger partial charge is 0.325 e. The Morgan fingerprint density at radius 3 is 2.03 bits per heavy atom. The van der Waals surface area contributed by atoms with Gasteiger partial charge in [-0.3, -0.25) is 4.79 Å². The number of anilines is 1. The van der Waals surface area contributed by atoms with Crippen molar-refractivity contribution < 1.29 is 4.79 Å². The molecule has 0 spiro atoms. The Kier molecular flexibility index (Phi) is 7.57. The molecule has 0 unspecified atom stereocenters. The van der Waals surface area contributed by atoms with E-state index in [1.54, 1.807) is 0 Å². The van der Waals surface area contributed by atoms with Crippen LogP contribution >= 0.6 is 43.6 Å². The smallest absolute Gasteiger partial charge is 0.234 e. The molecule has 3 aromatic carbocycles. The summed E-state index contributed by atoms with van der Waals surface area (Å²) in [6, 6.07) is 21.6. The zero-order valence-corrected chi connectivity index (χ0v) is 22.0. The second kappa shape index (κ2) is 10.6. The van der Waals surface area contributed by atoms with Crippen LogP contribution < -0.4 is 5.32 Å². The summed E-state index contributed by atoms with van der Waals surface area (Å²) < 4.78 is 1.97. The third kappa shape index (κ3) is 6.07. The van der Waals surface area contributed by atoms with Gasteiger partial charge < -0.3 is 5.32 Å². The Balaban J connectivity index is 1.56. The zero-order chi connectivity index (χ0) is 23.4. The number of benzene rings is 3. The monoisotopic (exact) mass is 582 g/mol. The third-order valence-corrected chi connectivity index (χ3v) is 6.92. The van der Waals surface area contributed by atoms with Crippen molar-refractivity contribution in [1.82, 2.24) is 15.2 Å². The zero-order valence-electron chi connectivity index (χ0n) is 18.0. The fourth-order valence-electron chi connectivity index (χ4n) is 3.13. The first-order valence-corrected chi connectivity index (χ1v) is 12.7. The van der Waals surface area contributed by atoms with Crippen molar-refractivity contribution in [3.05, 3.63) is 86.8 Å². The lowest BCUT2D eigenvalue weighted by Gasteiger charge is -2.10. The minimum absolute atomic E-state index is 0.117. The highest BCUT2D eigenvalue weighted by atomic mass is 79.9. The number of nitrogens with zero attached hydrogens (tertiary/aromatic N) is 3. The van der Waals surface area contributed by atoms with Gasteiger partial charge in [-0.05, 0) is 61.4 Å². The van der Waals surface area contributed by atoms with Crippen LogP contribution in [0.25, 0.3) is 22.5 Å². The van der Waals surface area contributed by atoms with Gasteiger partial charge in [-0.15, -0.1) is 10.2 Å². The van der Waals surface area contributed by atoms with E-state index in [-0.39, 0.29) is 11.7 Å². The van der Waals surface area contributed by atoms with Crippen LogP contribution in [0.5, 0.6) is 0 Å². The predicted octanol–water partition coefficient (Wildman–Crippen LogP) is 7.08. The van der Waals surface area contributed by atoms with Gasteiger partial charge in [0.15, 0.2) is 0 Å². The lowest BCUT2D eigenvalue weighted by atomic mass is 10.0. The van der Waals surface area contributed by atoms with Gasteiger partial charge in [0.25, 0.3) is 0 Å². The van der Waals surface area contributed by atoms with Crippen molar-refractivity contribution >= 4 is 55.2 Å². The number of amides is 1. The number of hydrogen-bond acceptors (Lipinski definition) is 5. The molecule has 1 amide bonds. The molecule has 8 heteroatoms. The van der Waals surface area contributed by atoms with Crippen LogP contribution in [-0.4, -0.2) is 26.8 Å². The van der Waals surface area contributed by atoms with Gasteiger partial charge in [0.2, 0.25) is 11.1 Å². The molecule has 0 atom stereocenters. The summed E-state index contributed by atoms with van der Waals surface area (Å²) in [6.45, 7) is 4.07. The first kappa shape index (κ1) is 23.6. The Morgan fingerprint density at radius 2 is 1.42 bits per heavy atom. The molecule has 0 aliphatic rings. The fraction of sp³-hybridized carbons (Fsp3) is 0.120. The van der Waals surface area contributed by atoms with Crippen LogP contribution in [-0.2, 0) is 4.79 Å². The van der Waals surface area contributed by atoms with Gasteiger partial charge >= 0.3 is 0 Å². The van der Waals surface area contributed by atoms with Crippen molar-refractivity contribution in [2.45, 2.75) is 19.0 Å². The Labute approximate surface area is 213 Å². The lowest BCUT2D eigenvalue weighted by Crippen LogP contribution is -2.14. The molecule has 0 fully saturated rings. The topological polar surface area (TPSA) is 67.8 Å². The van der Waals surface area contributed by atoms with E-state index in [1.165, 1.54) is 17.3 Å². The van der Waals surface area contributed by atoms with Gasteiger partial charge in [0.05, 0.1) is 5.75 Å². The molecule has 0 radical (unpaired) electrons. The fourth-order valence-corrected chi connectivity index (χ4v) is 4.25. The van der Waals surface area contributed by atoms with Crippen LogP contribution in [0, 0.1) is 13.8 Å². The number of carbonyl (C=O) groups excluding carboxylic acids is 1. The Hall–Kier alpha value is -2.55. The number of thioether (sulfide) groups is 1. The summed E-state index contributed by atoms with van der Waals surface area (Å²) >= 11 is 8.21. The van der Waals surface area contributed by atoms with Crippen LogP contribution in [0.4, 0.5) is 5.69 Å². The van der Waals surface area contributed by atoms with E-state index in [1.807, 2.05) is 80.6 Å². The summed E-state index contributed by atoms with van der Waals surface area (Å²) in [5.41, 5.74) is 6.35. The first-order chi connectivity index (χ1) is 15.9. The van der Waals surface area contributed by atoms with Gasteiger partial charge in [0.1, 0.15) is 11.4 Å². The van der Waals surface area contributed by atoms with E-state index in [4.69, 9.17) is 4.98 Å². The second-order valence-corrected chi connectivity index (χ2v) is 10.2. The average molecular weight is 584 g/mol. The summed E-state index contributed by atoms with van der Waals surface area (Å²) in [7, 11) is 0.